The molecule has 0 rings (SSSR count). The minimum atomic E-state index is -0.500. The van der Waals surface area contributed by atoms with Crippen LogP contribution in [0, 0.1) is 0 Å². The second-order valence-electron chi connectivity index (χ2n) is 0. The molecule has 4 nitrogen and oxygen atoms in total. The monoisotopic (exact) mass is 276 g/mol. The summed E-state index contributed by atoms with van der Waals surface area (Å²) in [5, 5.41) is 0. The van der Waals surface area contributed by atoms with Crippen LogP contribution >= 0.6 is 0 Å². The Morgan fingerprint density at radius 3 is 0.833 bits per heavy atom. The summed E-state index contributed by atoms with van der Waals surface area (Å²) in [6, 6.07) is 0. The number of rotatable bonds is 0. The molecule has 0 saturated heterocycles. The van der Waals surface area contributed by atoms with Gasteiger partial charge in [0.25, 0.3) is 0 Å². The van der Waals surface area contributed by atoms with Crippen molar-refractivity contribution >= 4 is 10.1 Å². The van der Waals surface area contributed by atoms with Crippen molar-refractivity contribution < 1.29 is 46.7 Å². The standard InChI is InChI=1S/Hf.H4OSi.3O/c;1-2;;;/h;2H4;;;/q+4;+2;3*-2. The zero-order chi connectivity index (χ0) is 2.00. The van der Waals surface area contributed by atoms with Gasteiger partial charge in [0, 0.05) is 0 Å². The molecule has 0 radical (unpaired) electrons. The summed E-state index contributed by atoms with van der Waals surface area (Å²) < 4.78 is 8.50. The van der Waals surface area contributed by atoms with Gasteiger partial charge in [-0.25, -0.2) is 0 Å². The summed E-state index contributed by atoms with van der Waals surface area (Å²) in [5.74, 6) is 0. The van der Waals surface area contributed by atoms with E-state index < -0.39 is 10.1 Å². The first kappa shape index (κ1) is 72.1. The molecule has 6 heteroatoms. The van der Waals surface area contributed by atoms with E-state index >= 15 is 0 Å². The zero-order valence-corrected chi connectivity index (χ0v) is 5.73. The molecule has 0 aliphatic heterocycles. The van der Waals surface area contributed by atoms with Crippen molar-refractivity contribution in [1.82, 2.24) is 0 Å². The van der Waals surface area contributed by atoms with Crippen LogP contribution < -0.4 is 0 Å². The van der Waals surface area contributed by atoms with Gasteiger partial charge in [0.05, 0.1) is 0 Å². The van der Waals surface area contributed by atoms with Crippen LogP contribution in [0.25, 0.3) is 0 Å². The van der Waals surface area contributed by atoms with Crippen LogP contribution in [0.1, 0.15) is 0 Å². The molecule has 0 fully saturated rings. The van der Waals surface area contributed by atoms with Gasteiger partial charge in [0.2, 0.25) is 0 Å². The second kappa shape index (κ2) is 223. The predicted octanol–water partition coefficient (Wildman–Crippen LogP) is -1.93. The fraction of sp³-hybridized carbons (Fsp3) is 0. The van der Waals surface area contributed by atoms with Crippen molar-refractivity contribution in [3.05, 3.63) is 0 Å². The number of hydrogen-bond donors (Lipinski definition) is 0. The molecule has 0 unspecified atom stereocenters. The molecule has 0 amide bonds. The van der Waals surface area contributed by atoms with Crippen LogP contribution in [0.5, 0.6) is 0 Å². The Labute approximate surface area is 57.1 Å². The fourth-order valence-corrected chi connectivity index (χ4v) is 0. The van der Waals surface area contributed by atoms with E-state index in [2.05, 4.69) is 0 Å². The summed E-state index contributed by atoms with van der Waals surface area (Å²) in [7, 11) is -0.500. The maximum atomic E-state index is 8.50. The van der Waals surface area contributed by atoms with Gasteiger partial charge >= 0.3 is 36.0 Å². The van der Waals surface area contributed by atoms with Crippen molar-refractivity contribution in [2.45, 2.75) is 0 Å². The minimum absolute atomic E-state index is 0. The first-order chi connectivity index (χ1) is 1.00. The Hall–Kier alpha value is 0.767. The van der Waals surface area contributed by atoms with Gasteiger partial charge in [0.15, 0.2) is 0 Å². The average molecular weight is 275 g/mol. The van der Waals surface area contributed by atoms with Gasteiger partial charge in [-0.3, -0.25) is 0 Å². The Bertz CT molecular complexity index is 7.51. The second-order valence-corrected chi connectivity index (χ2v) is 0. The maximum Gasteiger partial charge on any atom is 4.00 e. The molecule has 0 aliphatic rings. The largest absolute Gasteiger partial charge is 4.00 e. The summed E-state index contributed by atoms with van der Waals surface area (Å²) in [5.41, 5.74) is 0. The Kier molecular flexibility index (Phi) is 2680. The normalized spacial score (nSPS) is 0.667. The first-order valence-electron chi connectivity index (χ1n) is 0. The molecule has 0 spiro atoms. The van der Waals surface area contributed by atoms with Crippen LogP contribution in [-0.2, 0) is 46.7 Å². The average Bonchev–Trinajstić information content (AvgIpc) is 1.00. The molecule has 6 heavy (non-hydrogen) atoms. The van der Waals surface area contributed by atoms with E-state index in [-0.39, 0.29) is 42.3 Å². The van der Waals surface area contributed by atoms with E-state index in [1.165, 1.54) is 0 Å². The van der Waals surface area contributed by atoms with Gasteiger partial charge in [-0.2, -0.15) is 0 Å². The topological polar surface area (TPSA) is 103 Å². The summed E-state index contributed by atoms with van der Waals surface area (Å²) in [4.78, 5) is 0. The molecule has 36 valence electrons. The van der Waals surface area contributed by atoms with Gasteiger partial charge in [-0.15, -0.1) is 4.46 Å². The van der Waals surface area contributed by atoms with E-state index in [9.17, 15) is 0 Å². The van der Waals surface area contributed by atoms with Crippen molar-refractivity contribution in [3.8, 4) is 0 Å². The van der Waals surface area contributed by atoms with E-state index in [0.29, 0.717) is 0 Å². The third-order valence-electron chi connectivity index (χ3n) is 0. The SMILES string of the molecule is O=[SiH4+2].[Hf+4].[O-2].[O-2].[O-2]. The third-order valence-corrected chi connectivity index (χ3v) is 0. The zero-order valence-electron chi connectivity index (χ0n) is 2.13. The summed E-state index contributed by atoms with van der Waals surface area (Å²) >= 11 is 0. The Morgan fingerprint density at radius 2 is 0.833 bits per heavy atom. The van der Waals surface area contributed by atoms with Gasteiger partial charge in [0.1, 0.15) is 0 Å². The first-order valence-corrected chi connectivity index (χ1v) is 0. The molecular formula is H4HfO4Si. The van der Waals surface area contributed by atoms with E-state index in [4.69, 9.17) is 4.46 Å². The third kappa shape index (κ3) is 115. The molecule has 0 aromatic heterocycles. The molecule has 0 saturated carbocycles. The minimum Gasteiger partial charge on any atom is -2.00 e. The smallest absolute Gasteiger partial charge is 2.00 e. The predicted molar refractivity (Wildman–Crippen MR) is 14.1 cm³/mol. The number of hydrogen-bond acceptors (Lipinski definition) is 1. The van der Waals surface area contributed by atoms with Crippen molar-refractivity contribution in [1.29, 1.82) is 0 Å². The Morgan fingerprint density at radius 1 is 0.833 bits per heavy atom. The molecule has 0 heterocycles. The van der Waals surface area contributed by atoms with Crippen molar-refractivity contribution in [3.63, 3.8) is 0 Å². The molecule has 0 aliphatic carbocycles. The molecule has 0 aromatic carbocycles. The van der Waals surface area contributed by atoms with E-state index in [1.54, 1.807) is 0 Å². The van der Waals surface area contributed by atoms with E-state index in [0.717, 1.165) is 0 Å². The van der Waals surface area contributed by atoms with Crippen molar-refractivity contribution in [2.75, 3.05) is 0 Å². The van der Waals surface area contributed by atoms with Crippen molar-refractivity contribution in [2.24, 2.45) is 0 Å². The fourth-order valence-electron chi connectivity index (χ4n) is 0. The van der Waals surface area contributed by atoms with Gasteiger partial charge < -0.3 is 16.4 Å². The quantitative estimate of drug-likeness (QED) is 0.472. The maximum absolute atomic E-state index is 8.50. The van der Waals surface area contributed by atoms with Crippen LogP contribution in [0.4, 0.5) is 0 Å². The Balaban J connectivity index is -0.000000000833. The molecule has 0 aromatic rings. The molecule has 0 bridgehead atoms. The molecule has 0 atom stereocenters. The van der Waals surface area contributed by atoms with E-state index in [1.807, 2.05) is 0 Å². The van der Waals surface area contributed by atoms with Crippen LogP contribution in [0.15, 0.2) is 0 Å². The molecule has 0 N–H and O–H groups in total. The molecular weight excluding hydrogens is 271 g/mol. The van der Waals surface area contributed by atoms with Crippen LogP contribution in [0.2, 0.25) is 0 Å². The summed E-state index contributed by atoms with van der Waals surface area (Å²) in [6.45, 7) is 0. The summed E-state index contributed by atoms with van der Waals surface area (Å²) in [6.07, 6.45) is 0. The van der Waals surface area contributed by atoms with Crippen LogP contribution in [0.3, 0.4) is 0 Å². The van der Waals surface area contributed by atoms with Gasteiger partial charge in [-0.05, 0) is 0 Å². The van der Waals surface area contributed by atoms with Crippen LogP contribution in [-0.4, -0.2) is 10.1 Å². The van der Waals surface area contributed by atoms with Gasteiger partial charge in [-0.1, -0.05) is 0 Å².